The Balaban J connectivity index is 1.87. The molecule has 10 heteroatoms. The molecule has 0 saturated heterocycles. The maximum Gasteiger partial charge on any atom is 0.441 e. The van der Waals surface area contributed by atoms with Gasteiger partial charge in [0.25, 0.3) is 0 Å². The van der Waals surface area contributed by atoms with Gasteiger partial charge in [0.05, 0.1) is 17.9 Å². The van der Waals surface area contributed by atoms with Crippen molar-refractivity contribution >= 4 is 40.0 Å². The van der Waals surface area contributed by atoms with E-state index >= 15 is 0 Å². The molecule has 0 saturated carbocycles. The Hall–Kier alpha value is -2.07. The number of fused-ring (bicyclic) bond motifs is 1. The molecule has 2 aromatic rings. The molecule has 3 rings (SSSR count). The fraction of sp³-hybridized carbons (Fsp3) is 0.579. The van der Waals surface area contributed by atoms with Gasteiger partial charge in [0.2, 0.25) is 5.91 Å². The van der Waals surface area contributed by atoms with E-state index in [0.29, 0.717) is 22.0 Å². The topological polar surface area (TPSA) is 105 Å². The van der Waals surface area contributed by atoms with Crippen molar-refractivity contribution in [2.75, 3.05) is 12.4 Å². The first-order chi connectivity index (χ1) is 14.0. The molecule has 1 amide bonds. The van der Waals surface area contributed by atoms with Gasteiger partial charge in [-0.15, -0.1) is 11.3 Å². The second-order valence-corrected chi connectivity index (χ2v) is 9.26. The highest BCUT2D eigenvalue weighted by Gasteiger charge is 2.30. The summed E-state index contributed by atoms with van der Waals surface area (Å²) in [7, 11) is 3.00. The minimum atomic E-state index is -0.516. The van der Waals surface area contributed by atoms with E-state index in [2.05, 4.69) is 10.6 Å². The largest absolute Gasteiger partial charge is 0.465 e. The SMILES string of the molecule is CCC(Sc1c(=O)o[nH][n+]1C)C(=O)Nc1sc2c(c1C(=O)OC)CCCCCC2. The smallest absolute Gasteiger partial charge is 0.441 e. The van der Waals surface area contributed by atoms with Crippen LogP contribution < -0.4 is 15.6 Å². The lowest BCUT2D eigenvalue weighted by atomic mass is 9.96. The van der Waals surface area contributed by atoms with Crippen LogP contribution in [0, 0.1) is 0 Å². The van der Waals surface area contributed by atoms with Gasteiger partial charge in [-0.3, -0.25) is 9.32 Å². The van der Waals surface area contributed by atoms with Crippen LogP contribution in [0.3, 0.4) is 0 Å². The van der Waals surface area contributed by atoms with Crippen LogP contribution in [-0.4, -0.2) is 29.5 Å². The molecule has 8 nitrogen and oxygen atoms in total. The van der Waals surface area contributed by atoms with E-state index in [-0.39, 0.29) is 5.91 Å². The summed E-state index contributed by atoms with van der Waals surface area (Å²) < 4.78 is 11.2. The van der Waals surface area contributed by atoms with Crippen molar-refractivity contribution < 1.29 is 23.5 Å². The van der Waals surface area contributed by atoms with Crippen LogP contribution >= 0.6 is 23.1 Å². The van der Waals surface area contributed by atoms with E-state index in [4.69, 9.17) is 9.26 Å². The molecule has 1 atom stereocenters. The fourth-order valence-corrected chi connectivity index (χ4v) is 5.65. The van der Waals surface area contributed by atoms with Crippen LogP contribution in [-0.2, 0) is 29.4 Å². The van der Waals surface area contributed by atoms with E-state index in [1.54, 1.807) is 7.05 Å². The third kappa shape index (κ3) is 4.75. The number of hydrogen-bond acceptors (Lipinski definition) is 7. The summed E-state index contributed by atoms with van der Waals surface area (Å²) in [5.74, 6) is -0.672. The van der Waals surface area contributed by atoms with Crippen molar-refractivity contribution in [2.45, 2.75) is 62.1 Å². The number of nitrogens with zero attached hydrogens (tertiary/aromatic N) is 1. The first-order valence-electron chi connectivity index (χ1n) is 9.74. The zero-order chi connectivity index (χ0) is 21.0. The maximum absolute atomic E-state index is 13.0. The Bertz CT molecular complexity index is 946. The van der Waals surface area contributed by atoms with Crippen LogP contribution in [0.1, 0.15) is 59.8 Å². The van der Waals surface area contributed by atoms with Gasteiger partial charge in [0.1, 0.15) is 5.00 Å². The van der Waals surface area contributed by atoms with Crippen molar-refractivity contribution in [1.29, 1.82) is 0 Å². The summed E-state index contributed by atoms with van der Waals surface area (Å²) in [4.78, 5) is 38.4. The number of H-pyrrole nitrogens is 1. The number of aryl methyl sites for hydroxylation is 2. The summed E-state index contributed by atoms with van der Waals surface area (Å²) in [6, 6.07) is 0. The molecule has 2 N–H and O–H groups in total. The lowest BCUT2D eigenvalue weighted by Gasteiger charge is -2.13. The summed E-state index contributed by atoms with van der Waals surface area (Å²) in [5.41, 5.74) is 0.975. The zero-order valence-electron chi connectivity index (χ0n) is 16.8. The third-order valence-electron chi connectivity index (χ3n) is 4.97. The first-order valence-corrected chi connectivity index (χ1v) is 11.4. The zero-order valence-corrected chi connectivity index (χ0v) is 18.5. The molecule has 1 aliphatic carbocycles. The second-order valence-electron chi connectivity index (χ2n) is 6.96. The summed E-state index contributed by atoms with van der Waals surface area (Å²) in [6.07, 6.45) is 6.66. The molecular weight excluding hydrogens is 414 g/mol. The lowest BCUT2D eigenvalue weighted by molar-refractivity contribution is -0.772. The molecule has 0 aliphatic heterocycles. The Labute approximate surface area is 177 Å². The normalized spacial score (nSPS) is 15.1. The average molecular weight is 441 g/mol. The third-order valence-corrected chi connectivity index (χ3v) is 7.67. The van der Waals surface area contributed by atoms with Crippen LogP contribution in [0.15, 0.2) is 14.3 Å². The quantitative estimate of drug-likeness (QED) is 0.407. The number of aromatic nitrogens is 2. The number of amides is 1. The van der Waals surface area contributed by atoms with Crippen molar-refractivity contribution in [2.24, 2.45) is 7.05 Å². The number of thiophene rings is 1. The molecule has 2 heterocycles. The molecule has 0 aromatic carbocycles. The summed E-state index contributed by atoms with van der Waals surface area (Å²) in [5, 5.41) is 5.73. The molecule has 158 valence electrons. The van der Waals surface area contributed by atoms with E-state index in [1.807, 2.05) is 6.92 Å². The number of carbonyl (C=O) groups is 2. The molecule has 0 spiro atoms. The van der Waals surface area contributed by atoms with Crippen molar-refractivity contribution in [3.8, 4) is 0 Å². The molecule has 1 unspecified atom stereocenters. The van der Waals surface area contributed by atoms with E-state index in [1.165, 1.54) is 29.5 Å². The van der Waals surface area contributed by atoms with Crippen molar-refractivity contribution in [3.63, 3.8) is 0 Å². The van der Waals surface area contributed by atoms with Gasteiger partial charge >= 0.3 is 16.6 Å². The molecule has 0 radical (unpaired) electrons. The standard InChI is InChI=1S/C19H25N3O5S2/c1-4-12(29-17-19(25)27-21-22(17)2)15(23)20-16-14(18(24)26-3)11-9-7-5-6-8-10-13(11)28-16/h12H,4-10H2,1-3H3,(H-,20,21,23,24,25)/p+1. The predicted molar refractivity (Wildman–Crippen MR) is 111 cm³/mol. The Morgan fingerprint density at radius 1 is 1.31 bits per heavy atom. The number of methoxy groups -OCH3 is 1. The van der Waals surface area contributed by atoms with Crippen LogP contribution in [0.5, 0.6) is 0 Å². The van der Waals surface area contributed by atoms with Crippen molar-refractivity contribution in [1.82, 2.24) is 5.27 Å². The van der Waals surface area contributed by atoms with Gasteiger partial charge in [0.15, 0.2) is 7.05 Å². The fourth-order valence-electron chi connectivity index (χ4n) is 3.43. The van der Waals surface area contributed by atoms with E-state index in [0.717, 1.165) is 54.3 Å². The van der Waals surface area contributed by atoms with E-state index in [9.17, 15) is 14.4 Å². The number of anilines is 1. The van der Waals surface area contributed by atoms with Gasteiger partial charge in [-0.05, 0) is 54.7 Å². The monoisotopic (exact) mass is 440 g/mol. The maximum atomic E-state index is 13.0. The van der Waals surface area contributed by atoms with Gasteiger partial charge in [-0.2, -0.15) is 0 Å². The van der Waals surface area contributed by atoms with Gasteiger partial charge in [-0.25, -0.2) is 9.59 Å². The Morgan fingerprint density at radius 2 is 2.03 bits per heavy atom. The molecular formula is C19H26N3O5S2+. The number of rotatable bonds is 6. The molecule has 0 bridgehead atoms. The van der Waals surface area contributed by atoms with Crippen LogP contribution in [0.2, 0.25) is 0 Å². The minimum absolute atomic E-state index is 0.252. The van der Waals surface area contributed by atoms with Gasteiger partial charge in [-0.1, -0.05) is 24.4 Å². The second kappa shape index (κ2) is 9.62. The minimum Gasteiger partial charge on any atom is -0.465 e. The number of carbonyl (C=O) groups excluding carboxylic acids is 2. The van der Waals surface area contributed by atoms with Gasteiger partial charge in [0, 0.05) is 4.88 Å². The predicted octanol–water partition coefficient (Wildman–Crippen LogP) is 2.81. The highest BCUT2D eigenvalue weighted by Crippen LogP contribution is 2.38. The molecule has 2 aromatic heterocycles. The molecule has 1 aliphatic rings. The number of ether oxygens (including phenoxy) is 1. The number of aromatic amines is 1. The molecule has 29 heavy (non-hydrogen) atoms. The Kier molecular flexibility index (Phi) is 7.18. The highest BCUT2D eigenvalue weighted by molar-refractivity contribution is 8.00. The summed E-state index contributed by atoms with van der Waals surface area (Å²) in [6.45, 7) is 1.88. The molecule has 0 fully saturated rings. The highest BCUT2D eigenvalue weighted by atomic mass is 32.2. The summed E-state index contributed by atoms with van der Waals surface area (Å²) >= 11 is 2.60. The average Bonchev–Trinajstić information content (AvgIpc) is 3.18. The van der Waals surface area contributed by atoms with E-state index < -0.39 is 16.8 Å². The number of esters is 1. The Morgan fingerprint density at radius 3 is 2.66 bits per heavy atom. The van der Waals surface area contributed by atoms with Crippen molar-refractivity contribution in [3.05, 3.63) is 26.4 Å². The van der Waals surface area contributed by atoms with Crippen LogP contribution in [0.25, 0.3) is 0 Å². The lowest BCUT2D eigenvalue weighted by Crippen LogP contribution is -2.35. The number of nitrogens with one attached hydrogen (secondary N) is 2. The first kappa shape index (κ1) is 21.6. The van der Waals surface area contributed by atoms with Gasteiger partial charge < -0.3 is 10.1 Å². The van der Waals surface area contributed by atoms with Crippen LogP contribution in [0.4, 0.5) is 5.00 Å². The number of hydrogen-bond donors (Lipinski definition) is 2. The number of thioether (sulfide) groups is 1.